The summed E-state index contributed by atoms with van der Waals surface area (Å²) in [5.41, 5.74) is 1.46. The van der Waals surface area contributed by atoms with Crippen LogP contribution in [-0.2, 0) is 20.6 Å². The molecule has 180 valence electrons. The first-order chi connectivity index (χ1) is 17.0. The number of thioether (sulfide) groups is 1. The van der Waals surface area contributed by atoms with Crippen molar-refractivity contribution in [3.8, 4) is 5.75 Å². The summed E-state index contributed by atoms with van der Waals surface area (Å²) in [6, 6.07) is 24.5. The lowest BCUT2D eigenvalue weighted by atomic mass is 10.2. The predicted octanol–water partition coefficient (Wildman–Crippen LogP) is 4.67. The highest BCUT2D eigenvalue weighted by Gasteiger charge is 2.27. The molecule has 8 nitrogen and oxygen atoms in total. The van der Waals surface area contributed by atoms with Gasteiger partial charge in [-0.3, -0.25) is 14.4 Å². The standard InChI is InChI=1S/C24H22N4O4S3/c1-32-20-12-8-11-19(15-20)28(35(30,31)21-13-6-3-7-14-21)16-22(29)25-23-26-27-24(34-23)33-17-18-9-4-2-5-10-18/h2-15H,16-17H2,1H3,(H,25,26,29). The molecule has 11 heteroatoms. The Kier molecular flexibility index (Phi) is 8.01. The Morgan fingerprint density at radius 3 is 2.43 bits per heavy atom. The molecule has 0 aliphatic carbocycles. The number of carbonyl (C=O) groups excluding carboxylic acids is 1. The summed E-state index contributed by atoms with van der Waals surface area (Å²) in [5.74, 6) is 0.658. The lowest BCUT2D eigenvalue weighted by Gasteiger charge is -2.24. The van der Waals surface area contributed by atoms with Crippen LogP contribution in [0.3, 0.4) is 0 Å². The Balaban J connectivity index is 1.50. The van der Waals surface area contributed by atoms with E-state index in [1.165, 1.54) is 42.3 Å². The molecule has 0 atom stereocenters. The summed E-state index contributed by atoms with van der Waals surface area (Å²) >= 11 is 2.75. The van der Waals surface area contributed by atoms with E-state index in [9.17, 15) is 13.2 Å². The van der Waals surface area contributed by atoms with Crippen LogP contribution in [0, 0.1) is 0 Å². The Morgan fingerprint density at radius 1 is 1.00 bits per heavy atom. The third kappa shape index (κ3) is 6.38. The third-order valence-electron chi connectivity index (χ3n) is 4.82. The fourth-order valence-corrected chi connectivity index (χ4v) is 6.29. The van der Waals surface area contributed by atoms with Gasteiger partial charge in [0.25, 0.3) is 10.0 Å². The number of nitrogens with zero attached hydrogens (tertiary/aromatic N) is 3. The lowest BCUT2D eigenvalue weighted by Crippen LogP contribution is -2.38. The summed E-state index contributed by atoms with van der Waals surface area (Å²) in [5, 5.41) is 11.1. The zero-order valence-electron chi connectivity index (χ0n) is 18.7. The summed E-state index contributed by atoms with van der Waals surface area (Å²) in [6.07, 6.45) is 0. The number of benzene rings is 3. The van der Waals surface area contributed by atoms with Crippen LogP contribution >= 0.6 is 23.1 Å². The molecule has 0 radical (unpaired) electrons. The molecule has 0 fully saturated rings. The minimum atomic E-state index is -4.02. The fourth-order valence-electron chi connectivity index (χ4n) is 3.13. The van der Waals surface area contributed by atoms with E-state index in [2.05, 4.69) is 15.5 Å². The normalized spacial score (nSPS) is 11.1. The molecule has 0 saturated heterocycles. The average molecular weight is 527 g/mol. The monoisotopic (exact) mass is 526 g/mol. The van der Waals surface area contributed by atoms with Crippen LogP contribution in [0.4, 0.5) is 10.8 Å². The largest absolute Gasteiger partial charge is 0.497 e. The molecule has 0 saturated carbocycles. The zero-order valence-corrected chi connectivity index (χ0v) is 21.1. The minimum absolute atomic E-state index is 0.0751. The van der Waals surface area contributed by atoms with Crippen molar-refractivity contribution in [1.82, 2.24) is 10.2 Å². The summed E-state index contributed by atoms with van der Waals surface area (Å²) in [7, 11) is -2.53. The molecule has 1 amide bonds. The Morgan fingerprint density at radius 2 is 1.71 bits per heavy atom. The number of anilines is 2. The number of rotatable bonds is 10. The number of hydrogen-bond acceptors (Lipinski definition) is 8. The molecule has 0 spiro atoms. The van der Waals surface area contributed by atoms with E-state index in [0.717, 1.165) is 15.6 Å². The van der Waals surface area contributed by atoms with E-state index in [-0.39, 0.29) is 4.90 Å². The fraction of sp³-hybridized carbons (Fsp3) is 0.125. The molecule has 4 rings (SSSR count). The Bertz CT molecular complexity index is 1380. The van der Waals surface area contributed by atoms with Crippen LogP contribution in [0.1, 0.15) is 5.56 Å². The van der Waals surface area contributed by atoms with E-state index >= 15 is 0 Å². The zero-order chi connectivity index (χ0) is 24.7. The van der Waals surface area contributed by atoms with Crippen molar-refractivity contribution in [2.45, 2.75) is 15.0 Å². The Labute approximate surface area is 212 Å². The highest BCUT2D eigenvalue weighted by atomic mass is 32.2. The molecule has 0 unspecified atom stereocenters. The molecule has 1 aromatic heterocycles. The van der Waals surface area contributed by atoms with Gasteiger partial charge in [-0.1, -0.05) is 77.7 Å². The second-order valence-corrected chi connectivity index (χ2v) is 11.3. The summed E-state index contributed by atoms with van der Waals surface area (Å²) in [6.45, 7) is -0.448. The second kappa shape index (κ2) is 11.3. The van der Waals surface area contributed by atoms with Gasteiger partial charge < -0.3 is 4.74 Å². The number of aromatic nitrogens is 2. The molecule has 35 heavy (non-hydrogen) atoms. The topological polar surface area (TPSA) is 101 Å². The van der Waals surface area contributed by atoms with Crippen LogP contribution in [0.25, 0.3) is 0 Å². The van der Waals surface area contributed by atoms with Crippen molar-refractivity contribution in [1.29, 1.82) is 0 Å². The number of nitrogens with one attached hydrogen (secondary N) is 1. The molecule has 1 heterocycles. The third-order valence-corrected chi connectivity index (χ3v) is 8.65. The van der Waals surface area contributed by atoms with Crippen LogP contribution in [0.15, 0.2) is 94.2 Å². The van der Waals surface area contributed by atoms with E-state index in [4.69, 9.17) is 4.74 Å². The first-order valence-electron chi connectivity index (χ1n) is 10.5. The van der Waals surface area contributed by atoms with E-state index in [1.54, 1.807) is 42.5 Å². The minimum Gasteiger partial charge on any atom is -0.497 e. The first kappa shape index (κ1) is 24.7. The van der Waals surface area contributed by atoms with Crippen molar-refractivity contribution < 1.29 is 17.9 Å². The molecule has 0 aliphatic rings. The van der Waals surface area contributed by atoms with Gasteiger partial charge in [0.2, 0.25) is 11.0 Å². The SMILES string of the molecule is COc1cccc(N(CC(=O)Nc2nnc(SCc3ccccc3)s2)S(=O)(=O)c2ccccc2)c1. The van der Waals surface area contributed by atoms with E-state index < -0.39 is 22.5 Å². The number of carbonyl (C=O) groups is 1. The van der Waals surface area contributed by atoms with Gasteiger partial charge in [0.05, 0.1) is 17.7 Å². The number of sulfonamides is 1. The predicted molar refractivity (Wildman–Crippen MR) is 139 cm³/mol. The van der Waals surface area contributed by atoms with Crippen molar-refractivity contribution in [2.75, 3.05) is 23.3 Å². The maximum atomic E-state index is 13.4. The molecular weight excluding hydrogens is 504 g/mol. The summed E-state index contributed by atoms with van der Waals surface area (Å²) in [4.78, 5) is 13.0. The van der Waals surface area contributed by atoms with Gasteiger partial charge in [-0.25, -0.2) is 8.42 Å². The molecule has 4 aromatic rings. The quantitative estimate of drug-likeness (QED) is 0.237. The van der Waals surface area contributed by atoms with Gasteiger partial charge in [-0.15, -0.1) is 10.2 Å². The maximum absolute atomic E-state index is 13.4. The van der Waals surface area contributed by atoms with Gasteiger partial charge in [0, 0.05) is 11.8 Å². The van der Waals surface area contributed by atoms with Gasteiger partial charge in [-0.05, 0) is 29.8 Å². The van der Waals surface area contributed by atoms with Crippen molar-refractivity contribution in [3.05, 3.63) is 90.5 Å². The van der Waals surface area contributed by atoms with Crippen LogP contribution in [0.2, 0.25) is 0 Å². The number of amides is 1. The van der Waals surface area contributed by atoms with Crippen molar-refractivity contribution in [2.24, 2.45) is 0 Å². The molecular formula is C24H22N4O4S3. The molecule has 3 aromatic carbocycles. The average Bonchev–Trinajstić information content (AvgIpc) is 3.34. The van der Waals surface area contributed by atoms with Crippen LogP contribution in [-0.4, -0.2) is 38.2 Å². The lowest BCUT2D eigenvalue weighted by molar-refractivity contribution is -0.114. The number of hydrogen-bond donors (Lipinski definition) is 1. The molecule has 0 aliphatic heterocycles. The maximum Gasteiger partial charge on any atom is 0.264 e. The first-order valence-corrected chi connectivity index (χ1v) is 13.7. The van der Waals surface area contributed by atoms with Crippen LogP contribution in [0.5, 0.6) is 5.75 Å². The highest BCUT2D eigenvalue weighted by molar-refractivity contribution is 8.00. The van der Waals surface area contributed by atoms with Gasteiger partial charge in [0.1, 0.15) is 12.3 Å². The summed E-state index contributed by atoms with van der Waals surface area (Å²) < 4.78 is 33.8. The highest BCUT2D eigenvalue weighted by Crippen LogP contribution is 2.29. The van der Waals surface area contributed by atoms with Gasteiger partial charge >= 0.3 is 0 Å². The smallest absolute Gasteiger partial charge is 0.264 e. The van der Waals surface area contributed by atoms with Crippen molar-refractivity contribution in [3.63, 3.8) is 0 Å². The van der Waals surface area contributed by atoms with Gasteiger partial charge in [0.15, 0.2) is 4.34 Å². The Hall–Kier alpha value is -3.41. The van der Waals surface area contributed by atoms with Gasteiger partial charge in [-0.2, -0.15) is 0 Å². The van der Waals surface area contributed by atoms with E-state index in [1.807, 2.05) is 30.3 Å². The molecule has 1 N–H and O–H groups in total. The number of methoxy groups -OCH3 is 1. The molecule has 0 bridgehead atoms. The second-order valence-electron chi connectivity index (χ2n) is 7.22. The van der Waals surface area contributed by atoms with Crippen LogP contribution < -0.4 is 14.4 Å². The van der Waals surface area contributed by atoms with E-state index in [0.29, 0.717) is 20.9 Å². The number of ether oxygens (including phenoxy) is 1. The van der Waals surface area contributed by atoms with Crippen molar-refractivity contribution >= 4 is 49.8 Å².